The fourth-order valence-corrected chi connectivity index (χ4v) is 4.86. The summed E-state index contributed by atoms with van der Waals surface area (Å²) in [5.41, 5.74) is 1.54. The van der Waals surface area contributed by atoms with Gasteiger partial charge in [-0.1, -0.05) is 18.1 Å². The second kappa shape index (κ2) is 5.90. The second-order valence-corrected chi connectivity index (χ2v) is 8.05. The van der Waals surface area contributed by atoms with Crippen LogP contribution in [-0.2, 0) is 24.3 Å². The number of nitrogens with one attached hydrogen (secondary N) is 1. The van der Waals surface area contributed by atoms with Crippen molar-refractivity contribution in [1.82, 2.24) is 30.1 Å². The molecule has 3 aliphatic rings. The fourth-order valence-electron chi connectivity index (χ4n) is 4.86. The standard InChI is InChI=1S/C18H23N7O2/c1-23-14-4-8-19-24(14)9-5-12(17(23)27)20-16(26)15-13-10-18(6-2-3-7-18)11-25(13)22-21-15/h4,8,12H,2-3,5-7,9-11H2,1H3,(H,20,26)/t12-/m0/s1. The average molecular weight is 369 g/mol. The third-order valence-corrected chi connectivity index (χ3v) is 6.35. The van der Waals surface area contributed by atoms with E-state index in [-0.39, 0.29) is 17.2 Å². The summed E-state index contributed by atoms with van der Waals surface area (Å²) in [6.45, 7) is 1.43. The summed E-state index contributed by atoms with van der Waals surface area (Å²) in [5, 5.41) is 15.4. The molecule has 0 bridgehead atoms. The number of aryl methyl sites for hydroxylation is 1. The number of aromatic nitrogens is 5. The molecule has 0 radical (unpaired) electrons. The first-order chi connectivity index (χ1) is 13.1. The predicted molar refractivity (Wildman–Crippen MR) is 96.1 cm³/mol. The maximum Gasteiger partial charge on any atom is 0.274 e. The van der Waals surface area contributed by atoms with Crippen molar-refractivity contribution in [2.24, 2.45) is 5.41 Å². The van der Waals surface area contributed by atoms with Gasteiger partial charge in [0.15, 0.2) is 5.69 Å². The molecule has 2 aromatic rings. The summed E-state index contributed by atoms with van der Waals surface area (Å²) in [6, 6.07) is 1.21. The molecule has 1 atom stereocenters. The Balaban J connectivity index is 1.34. The van der Waals surface area contributed by atoms with Crippen LogP contribution in [0.2, 0.25) is 0 Å². The first-order valence-corrected chi connectivity index (χ1v) is 9.59. The average Bonchev–Trinajstić information content (AvgIpc) is 3.41. The van der Waals surface area contributed by atoms with Crippen LogP contribution in [0.25, 0.3) is 0 Å². The van der Waals surface area contributed by atoms with Crippen LogP contribution in [0.15, 0.2) is 12.3 Å². The zero-order valence-corrected chi connectivity index (χ0v) is 15.4. The number of likely N-dealkylation sites (N-methyl/N-ethyl adjacent to an activating group) is 1. The molecule has 0 aromatic carbocycles. The number of nitrogens with zero attached hydrogens (tertiary/aromatic N) is 6. The van der Waals surface area contributed by atoms with Gasteiger partial charge in [0.2, 0.25) is 0 Å². The van der Waals surface area contributed by atoms with Crippen LogP contribution < -0.4 is 10.2 Å². The number of carbonyl (C=O) groups is 2. The maximum absolute atomic E-state index is 12.9. The second-order valence-electron chi connectivity index (χ2n) is 8.05. The molecule has 142 valence electrons. The Bertz CT molecular complexity index is 909. The number of carbonyl (C=O) groups excluding carboxylic acids is 2. The number of hydrogen-bond acceptors (Lipinski definition) is 5. The van der Waals surface area contributed by atoms with Gasteiger partial charge >= 0.3 is 0 Å². The van der Waals surface area contributed by atoms with Crippen LogP contribution in [0.3, 0.4) is 0 Å². The molecule has 27 heavy (non-hydrogen) atoms. The normalized spacial score (nSPS) is 23.4. The lowest BCUT2D eigenvalue weighted by molar-refractivity contribution is -0.120. The summed E-state index contributed by atoms with van der Waals surface area (Å²) >= 11 is 0. The lowest BCUT2D eigenvalue weighted by Gasteiger charge is -2.21. The molecule has 0 saturated heterocycles. The Morgan fingerprint density at radius 1 is 1.30 bits per heavy atom. The molecule has 4 heterocycles. The molecular formula is C18H23N7O2. The smallest absolute Gasteiger partial charge is 0.274 e. The highest BCUT2D eigenvalue weighted by Crippen LogP contribution is 2.46. The molecule has 1 fully saturated rings. The van der Waals surface area contributed by atoms with Crippen molar-refractivity contribution in [3.63, 3.8) is 0 Å². The first-order valence-electron chi connectivity index (χ1n) is 9.59. The van der Waals surface area contributed by atoms with Gasteiger partial charge in [-0.2, -0.15) is 5.10 Å². The van der Waals surface area contributed by atoms with Crippen molar-refractivity contribution < 1.29 is 9.59 Å². The molecule has 2 amide bonds. The number of hydrogen-bond donors (Lipinski definition) is 1. The van der Waals surface area contributed by atoms with Gasteiger partial charge in [0.25, 0.3) is 11.8 Å². The predicted octanol–water partition coefficient (Wildman–Crippen LogP) is 0.756. The van der Waals surface area contributed by atoms with Gasteiger partial charge in [0.1, 0.15) is 11.9 Å². The van der Waals surface area contributed by atoms with E-state index in [2.05, 4.69) is 20.7 Å². The molecule has 9 nitrogen and oxygen atoms in total. The zero-order valence-electron chi connectivity index (χ0n) is 15.4. The summed E-state index contributed by atoms with van der Waals surface area (Å²) in [6.07, 6.45) is 7.91. The van der Waals surface area contributed by atoms with E-state index >= 15 is 0 Å². The summed E-state index contributed by atoms with van der Waals surface area (Å²) in [4.78, 5) is 27.2. The van der Waals surface area contributed by atoms with Gasteiger partial charge in [-0.15, -0.1) is 5.10 Å². The number of rotatable bonds is 2. The third kappa shape index (κ3) is 2.55. The van der Waals surface area contributed by atoms with E-state index in [1.807, 2.05) is 4.68 Å². The van der Waals surface area contributed by atoms with Crippen LogP contribution in [0.5, 0.6) is 0 Å². The van der Waals surface area contributed by atoms with Crippen molar-refractivity contribution in [1.29, 1.82) is 0 Å². The Morgan fingerprint density at radius 3 is 2.93 bits per heavy atom. The van der Waals surface area contributed by atoms with E-state index in [1.54, 1.807) is 28.9 Å². The third-order valence-electron chi connectivity index (χ3n) is 6.35. The summed E-state index contributed by atoms with van der Waals surface area (Å²) in [5.74, 6) is 0.292. The molecular weight excluding hydrogens is 346 g/mol. The SMILES string of the molecule is CN1C(=O)[C@@H](NC(=O)c2nnn3c2CC2(CCCC2)C3)CCn2nccc21. The first kappa shape index (κ1) is 16.5. The molecule has 0 unspecified atom stereocenters. The topological polar surface area (TPSA) is 97.9 Å². The molecule has 1 saturated carbocycles. The number of anilines is 1. The largest absolute Gasteiger partial charge is 0.339 e. The zero-order chi connectivity index (χ0) is 18.6. The van der Waals surface area contributed by atoms with Crippen LogP contribution in [0.1, 0.15) is 48.3 Å². The highest BCUT2D eigenvalue weighted by Gasteiger charge is 2.43. The Morgan fingerprint density at radius 2 is 2.11 bits per heavy atom. The van der Waals surface area contributed by atoms with E-state index in [0.29, 0.717) is 18.7 Å². The Hall–Kier alpha value is -2.71. The molecule has 9 heteroatoms. The lowest BCUT2D eigenvalue weighted by atomic mass is 9.84. The molecule has 1 spiro atoms. The summed E-state index contributed by atoms with van der Waals surface area (Å²) < 4.78 is 3.67. The van der Waals surface area contributed by atoms with Gasteiger partial charge in [0.05, 0.1) is 11.9 Å². The van der Waals surface area contributed by atoms with Crippen molar-refractivity contribution in [3.8, 4) is 0 Å². The highest BCUT2D eigenvalue weighted by atomic mass is 16.2. The van der Waals surface area contributed by atoms with Gasteiger partial charge < -0.3 is 5.32 Å². The van der Waals surface area contributed by atoms with E-state index in [4.69, 9.17) is 0 Å². The van der Waals surface area contributed by atoms with Crippen molar-refractivity contribution in [2.45, 2.75) is 57.7 Å². The van der Waals surface area contributed by atoms with Gasteiger partial charge in [-0.05, 0) is 31.1 Å². The van der Waals surface area contributed by atoms with Gasteiger partial charge in [0, 0.05) is 26.2 Å². The highest BCUT2D eigenvalue weighted by molar-refractivity contribution is 6.01. The maximum atomic E-state index is 12.9. The van der Waals surface area contributed by atoms with Gasteiger partial charge in [-0.3, -0.25) is 14.5 Å². The van der Waals surface area contributed by atoms with Crippen LogP contribution in [0.4, 0.5) is 5.82 Å². The van der Waals surface area contributed by atoms with Crippen molar-refractivity contribution in [3.05, 3.63) is 23.7 Å². The molecule has 1 aliphatic carbocycles. The van der Waals surface area contributed by atoms with Crippen LogP contribution in [-0.4, -0.2) is 49.7 Å². The van der Waals surface area contributed by atoms with Crippen molar-refractivity contribution >= 4 is 17.6 Å². The van der Waals surface area contributed by atoms with Crippen LogP contribution >= 0.6 is 0 Å². The fraction of sp³-hybridized carbons (Fsp3) is 0.611. The van der Waals surface area contributed by atoms with E-state index in [0.717, 1.165) is 24.5 Å². The van der Waals surface area contributed by atoms with E-state index in [9.17, 15) is 9.59 Å². The minimum atomic E-state index is -0.594. The minimum Gasteiger partial charge on any atom is -0.339 e. The van der Waals surface area contributed by atoms with Gasteiger partial charge in [-0.25, -0.2) is 9.36 Å². The van der Waals surface area contributed by atoms with Crippen LogP contribution in [0, 0.1) is 5.41 Å². The quantitative estimate of drug-likeness (QED) is 0.843. The Kier molecular flexibility index (Phi) is 3.60. The Labute approximate surface area is 156 Å². The lowest BCUT2D eigenvalue weighted by Crippen LogP contribution is -2.47. The molecule has 2 aromatic heterocycles. The number of amides is 2. The molecule has 2 aliphatic heterocycles. The molecule has 5 rings (SSSR count). The monoisotopic (exact) mass is 369 g/mol. The van der Waals surface area contributed by atoms with Crippen molar-refractivity contribution in [2.75, 3.05) is 11.9 Å². The minimum absolute atomic E-state index is 0.140. The number of fused-ring (bicyclic) bond motifs is 2. The van der Waals surface area contributed by atoms with E-state index < -0.39 is 6.04 Å². The summed E-state index contributed by atoms with van der Waals surface area (Å²) in [7, 11) is 1.71. The van der Waals surface area contributed by atoms with E-state index in [1.165, 1.54) is 25.7 Å². The molecule has 1 N–H and O–H groups in total.